The highest BCUT2D eigenvalue weighted by atomic mass is 32.1. The van der Waals surface area contributed by atoms with E-state index in [1.807, 2.05) is 0 Å². The summed E-state index contributed by atoms with van der Waals surface area (Å²) in [6.45, 7) is 6.28. The van der Waals surface area contributed by atoms with Crippen LogP contribution in [0.25, 0.3) is 0 Å². The average Bonchev–Trinajstić information content (AvgIpc) is 2.28. The third-order valence-corrected chi connectivity index (χ3v) is 3.14. The van der Waals surface area contributed by atoms with Crippen molar-refractivity contribution in [2.24, 2.45) is 0 Å². The summed E-state index contributed by atoms with van der Waals surface area (Å²) in [6.07, 6.45) is 2.20. The van der Waals surface area contributed by atoms with Gasteiger partial charge in [0.15, 0.2) is 0 Å². The number of hydrogen-bond acceptors (Lipinski definition) is 3. The Morgan fingerprint density at radius 3 is 2.35 bits per heavy atom. The minimum absolute atomic E-state index is 0.952. The van der Waals surface area contributed by atoms with Crippen LogP contribution in [0.15, 0.2) is 12.1 Å². The number of aryl methyl sites for hydroxylation is 2. The summed E-state index contributed by atoms with van der Waals surface area (Å²) in [4.78, 5) is 0. The first-order valence-electron chi connectivity index (χ1n) is 6.14. The maximum absolute atomic E-state index is 5.36. The van der Waals surface area contributed by atoms with Gasteiger partial charge < -0.3 is 10.1 Å². The van der Waals surface area contributed by atoms with E-state index >= 15 is 0 Å². The molecule has 17 heavy (non-hydrogen) atoms. The highest BCUT2D eigenvalue weighted by molar-refractivity contribution is 7.80. The average molecular weight is 253 g/mol. The molecule has 1 aromatic rings. The van der Waals surface area contributed by atoms with E-state index < -0.39 is 0 Å². The summed E-state index contributed by atoms with van der Waals surface area (Å²) in [5.41, 5.74) is 3.81. The molecule has 0 saturated carbocycles. The fourth-order valence-electron chi connectivity index (χ4n) is 2.07. The predicted molar refractivity (Wildman–Crippen MR) is 77.5 cm³/mol. The van der Waals surface area contributed by atoms with Gasteiger partial charge in [-0.15, -0.1) is 0 Å². The fraction of sp³-hybridized carbons (Fsp3) is 0.571. The number of benzene rings is 1. The van der Waals surface area contributed by atoms with Gasteiger partial charge in [0, 0.05) is 0 Å². The van der Waals surface area contributed by atoms with Crippen molar-refractivity contribution in [3.8, 4) is 5.75 Å². The van der Waals surface area contributed by atoms with Gasteiger partial charge in [-0.05, 0) is 62.2 Å². The van der Waals surface area contributed by atoms with Crippen molar-refractivity contribution in [2.45, 2.75) is 26.7 Å². The zero-order valence-electron chi connectivity index (χ0n) is 11.0. The van der Waals surface area contributed by atoms with Gasteiger partial charge in [-0.25, -0.2) is 0 Å². The quantitative estimate of drug-likeness (QED) is 0.576. The lowest BCUT2D eigenvalue weighted by molar-refractivity contribution is 0.408. The number of nitrogens with one attached hydrogen (secondary N) is 1. The monoisotopic (exact) mass is 253 g/mol. The van der Waals surface area contributed by atoms with E-state index in [1.165, 1.54) is 16.7 Å². The Morgan fingerprint density at radius 2 is 1.82 bits per heavy atom. The van der Waals surface area contributed by atoms with Gasteiger partial charge in [0.05, 0.1) is 7.11 Å². The van der Waals surface area contributed by atoms with Gasteiger partial charge >= 0.3 is 0 Å². The molecule has 0 bridgehead atoms. The largest absolute Gasteiger partial charge is 0.496 e. The zero-order chi connectivity index (χ0) is 12.7. The lowest BCUT2D eigenvalue weighted by Crippen LogP contribution is -2.18. The summed E-state index contributed by atoms with van der Waals surface area (Å²) in [6, 6.07) is 4.43. The molecule has 1 N–H and O–H groups in total. The molecule has 0 saturated heterocycles. The Kier molecular flexibility index (Phi) is 6.45. The van der Waals surface area contributed by atoms with Crippen molar-refractivity contribution in [1.82, 2.24) is 5.32 Å². The second kappa shape index (κ2) is 7.62. The number of methoxy groups -OCH3 is 1. The smallest absolute Gasteiger partial charge is 0.124 e. The van der Waals surface area contributed by atoms with Crippen LogP contribution in [0, 0.1) is 13.8 Å². The van der Waals surface area contributed by atoms with Crippen molar-refractivity contribution < 1.29 is 4.74 Å². The molecular weight excluding hydrogens is 230 g/mol. The molecule has 0 amide bonds. The van der Waals surface area contributed by atoms with Crippen LogP contribution in [-0.4, -0.2) is 26.0 Å². The van der Waals surface area contributed by atoms with Crippen LogP contribution >= 0.6 is 12.6 Å². The lowest BCUT2D eigenvalue weighted by Gasteiger charge is -2.11. The van der Waals surface area contributed by atoms with Crippen molar-refractivity contribution in [2.75, 3.05) is 26.0 Å². The van der Waals surface area contributed by atoms with Gasteiger partial charge in [0.2, 0.25) is 0 Å². The molecule has 0 radical (unpaired) electrons. The molecule has 0 fully saturated rings. The Morgan fingerprint density at radius 1 is 1.18 bits per heavy atom. The molecule has 0 heterocycles. The van der Waals surface area contributed by atoms with Crippen LogP contribution in [0.2, 0.25) is 0 Å². The molecule has 0 aliphatic carbocycles. The minimum Gasteiger partial charge on any atom is -0.496 e. The molecule has 1 rings (SSSR count). The van der Waals surface area contributed by atoms with Crippen molar-refractivity contribution >= 4 is 12.6 Å². The highest BCUT2D eigenvalue weighted by Crippen LogP contribution is 2.24. The third-order valence-electron chi connectivity index (χ3n) is 2.83. The van der Waals surface area contributed by atoms with Gasteiger partial charge in [-0.3, -0.25) is 0 Å². The SMILES string of the molecule is COc1c(C)cc(CCNCCCS)cc1C. The first kappa shape index (κ1) is 14.4. The van der Waals surface area contributed by atoms with E-state index in [-0.39, 0.29) is 0 Å². The summed E-state index contributed by atoms with van der Waals surface area (Å²) in [5, 5.41) is 3.42. The minimum atomic E-state index is 0.952. The van der Waals surface area contributed by atoms with Gasteiger partial charge in [-0.1, -0.05) is 12.1 Å². The number of rotatable bonds is 7. The second-order valence-electron chi connectivity index (χ2n) is 4.34. The van der Waals surface area contributed by atoms with Crippen LogP contribution in [-0.2, 0) is 6.42 Å². The Labute approximate surface area is 110 Å². The van der Waals surface area contributed by atoms with Crippen LogP contribution in [0.1, 0.15) is 23.1 Å². The van der Waals surface area contributed by atoms with E-state index in [2.05, 4.69) is 43.9 Å². The van der Waals surface area contributed by atoms with E-state index in [0.29, 0.717) is 0 Å². The molecule has 96 valence electrons. The maximum atomic E-state index is 5.36. The van der Waals surface area contributed by atoms with Crippen molar-refractivity contribution in [1.29, 1.82) is 0 Å². The van der Waals surface area contributed by atoms with E-state index in [1.54, 1.807) is 7.11 Å². The normalized spacial score (nSPS) is 10.6. The molecule has 3 heteroatoms. The topological polar surface area (TPSA) is 21.3 Å². The van der Waals surface area contributed by atoms with Crippen molar-refractivity contribution in [3.05, 3.63) is 28.8 Å². The van der Waals surface area contributed by atoms with E-state index in [4.69, 9.17) is 4.74 Å². The van der Waals surface area contributed by atoms with Crippen LogP contribution in [0.3, 0.4) is 0 Å². The Hall–Kier alpha value is -0.670. The number of ether oxygens (including phenoxy) is 1. The Bertz CT molecular complexity index is 329. The standard InChI is InChI=1S/C14H23NOS/c1-11-9-13(5-7-15-6-4-8-17)10-12(2)14(11)16-3/h9-10,15,17H,4-8H2,1-3H3. The molecule has 2 nitrogen and oxygen atoms in total. The zero-order valence-corrected chi connectivity index (χ0v) is 11.9. The first-order valence-corrected chi connectivity index (χ1v) is 6.78. The van der Waals surface area contributed by atoms with E-state index in [0.717, 1.165) is 37.4 Å². The molecule has 0 unspecified atom stereocenters. The molecule has 0 aliphatic heterocycles. The summed E-state index contributed by atoms with van der Waals surface area (Å²) < 4.78 is 5.36. The van der Waals surface area contributed by atoms with Crippen LogP contribution in [0.5, 0.6) is 5.75 Å². The highest BCUT2D eigenvalue weighted by Gasteiger charge is 2.04. The molecule has 0 aromatic heterocycles. The molecule has 0 spiro atoms. The lowest BCUT2D eigenvalue weighted by atomic mass is 10.0. The number of thiol groups is 1. The fourth-order valence-corrected chi connectivity index (χ4v) is 2.23. The summed E-state index contributed by atoms with van der Waals surface area (Å²) in [7, 11) is 1.73. The predicted octanol–water partition coefficient (Wildman–Crippen LogP) is 2.76. The maximum Gasteiger partial charge on any atom is 0.124 e. The molecule has 0 atom stereocenters. The van der Waals surface area contributed by atoms with Gasteiger partial charge in [0.25, 0.3) is 0 Å². The van der Waals surface area contributed by atoms with Crippen LogP contribution in [0.4, 0.5) is 0 Å². The molecular formula is C14H23NOS. The summed E-state index contributed by atoms with van der Waals surface area (Å²) >= 11 is 4.19. The Balaban J connectivity index is 2.49. The first-order chi connectivity index (χ1) is 8.19. The third kappa shape index (κ3) is 4.60. The van der Waals surface area contributed by atoms with Crippen molar-refractivity contribution in [3.63, 3.8) is 0 Å². The summed E-state index contributed by atoms with van der Waals surface area (Å²) in [5.74, 6) is 1.96. The number of hydrogen-bond donors (Lipinski definition) is 2. The van der Waals surface area contributed by atoms with E-state index in [9.17, 15) is 0 Å². The second-order valence-corrected chi connectivity index (χ2v) is 4.79. The van der Waals surface area contributed by atoms with Gasteiger partial charge in [0.1, 0.15) is 5.75 Å². The van der Waals surface area contributed by atoms with Gasteiger partial charge in [-0.2, -0.15) is 12.6 Å². The molecule has 0 aliphatic rings. The molecule has 1 aromatic carbocycles. The van der Waals surface area contributed by atoms with Crippen LogP contribution < -0.4 is 10.1 Å².